The van der Waals surface area contributed by atoms with Gasteiger partial charge in [-0.15, -0.1) is 0 Å². The Morgan fingerprint density at radius 3 is 1.13 bits per heavy atom. The first-order valence-corrected chi connectivity index (χ1v) is 30.2. The second-order valence-electron chi connectivity index (χ2n) is 22.6. The molecule has 0 aliphatic rings. The highest BCUT2D eigenvalue weighted by atomic mass is 14.9. The number of fused-ring (bicyclic) bond motifs is 10. The van der Waals surface area contributed by atoms with E-state index in [1.165, 1.54) is 0 Å². The van der Waals surface area contributed by atoms with Crippen LogP contribution in [0.3, 0.4) is 0 Å². The zero-order valence-electron chi connectivity index (χ0n) is 49.1. The Labute approximate surface area is 526 Å². The van der Waals surface area contributed by atoms with Gasteiger partial charge in [-0.3, -0.25) is 15.0 Å². The van der Waals surface area contributed by atoms with Gasteiger partial charge in [-0.25, -0.2) is 44.9 Å². The van der Waals surface area contributed by atoms with Gasteiger partial charge in [0, 0.05) is 90.8 Å². The van der Waals surface area contributed by atoms with Gasteiger partial charge in [0.2, 0.25) is 0 Å². The summed E-state index contributed by atoms with van der Waals surface area (Å²) in [6.45, 7) is 0. The Morgan fingerprint density at radius 1 is 0.196 bits per heavy atom. The van der Waals surface area contributed by atoms with Crippen molar-refractivity contribution in [1.29, 1.82) is 0 Å². The summed E-state index contributed by atoms with van der Waals surface area (Å²) in [5, 5.41) is 8.69. The summed E-state index contributed by atoms with van der Waals surface area (Å²) in [6, 6.07) is 85.8. The lowest BCUT2D eigenvalue weighted by atomic mass is 9.96. The fourth-order valence-corrected chi connectivity index (χ4v) is 12.2. The summed E-state index contributed by atoms with van der Waals surface area (Å²) in [6.07, 6.45) is 12.0. The Bertz CT molecular complexity index is 5880. The van der Waals surface area contributed by atoms with Crippen molar-refractivity contribution in [3.8, 4) is 89.9 Å². The van der Waals surface area contributed by atoms with Gasteiger partial charge in [0.25, 0.3) is 0 Å². The van der Waals surface area contributed by atoms with Crippen LogP contribution in [0, 0.1) is 0 Å². The van der Waals surface area contributed by atoms with Crippen molar-refractivity contribution in [2.45, 2.75) is 0 Å². The topological polar surface area (TPSA) is 155 Å². The maximum absolute atomic E-state index is 5.03. The second kappa shape index (κ2) is 22.7. The molecule has 0 bridgehead atoms. The predicted molar refractivity (Wildman–Crippen MR) is 370 cm³/mol. The third kappa shape index (κ3) is 10.1. The lowest BCUT2D eigenvalue weighted by molar-refractivity contribution is 1.16. The largest absolute Gasteiger partial charge is 0.254 e. The number of aromatic nitrogens is 12. The fourth-order valence-electron chi connectivity index (χ4n) is 12.2. The van der Waals surface area contributed by atoms with Crippen LogP contribution in [-0.2, 0) is 0 Å². The number of rotatable bonds is 8. The number of pyridine rings is 8. The summed E-state index contributed by atoms with van der Waals surface area (Å²) in [7, 11) is 0. The van der Waals surface area contributed by atoms with Crippen molar-refractivity contribution < 1.29 is 0 Å². The number of hydrogen-bond acceptors (Lipinski definition) is 12. The first-order chi connectivity index (χ1) is 45.5. The maximum atomic E-state index is 5.03. The van der Waals surface area contributed by atoms with Gasteiger partial charge in [-0.2, -0.15) is 0 Å². The van der Waals surface area contributed by atoms with Crippen LogP contribution in [0.5, 0.6) is 0 Å². The molecular formula is C80H48N12. The lowest BCUT2D eigenvalue weighted by Crippen LogP contribution is -1.90. The Hall–Kier alpha value is -12.8. The average Bonchev–Trinajstić information content (AvgIpc) is 0.955. The van der Waals surface area contributed by atoms with Crippen LogP contribution in [0.1, 0.15) is 0 Å². The first-order valence-electron chi connectivity index (χ1n) is 30.2. The van der Waals surface area contributed by atoms with E-state index in [-0.39, 0.29) is 0 Å². The minimum absolute atomic E-state index is 0.807. The molecule has 0 aliphatic carbocycles. The summed E-state index contributed by atoms with van der Waals surface area (Å²) in [5.41, 5.74) is 23.4. The van der Waals surface area contributed by atoms with Crippen molar-refractivity contribution in [3.05, 3.63) is 292 Å². The standard InChI is InChI=1S/2C40H24N6/c1-3-31-22-33(32-4-2-19-43-40(32)39(31)42-18-1)25-5-7-26(8-6-25)34-15-13-30-21-28(12-14-35(30)45-34)29-10-9-27-11-16-37(46-38(27)23-29)36-17-20-41-24-44-36;1-2-28-8-9-29-12-15-34(46-40(29)39(28)42-20-1)26-5-3-25(4-6-26)33-17-14-32-22-30(13-16-35(32)44-33)31-10-7-27-11-18-37(45-38(27)23-31)36-19-21-41-24-43-36/h2*1-24H. The van der Waals surface area contributed by atoms with Crippen molar-refractivity contribution in [1.82, 2.24) is 59.8 Å². The van der Waals surface area contributed by atoms with Crippen LogP contribution in [0.2, 0.25) is 0 Å². The van der Waals surface area contributed by atoms with Gasteiger partial charge < -0.3 is 0 Å². The van der Waals surface area contributed by atoms with Crippen LogP contribution < -0.4 is 0 Å². The monoisotopic (exact) mass is 1180 g/mol. The minimum Gasteiger partial charge on any atom is -0.254 e. The molecule has 12 heteroatoms. The minimum atomic E-state index is 0.807. The highest BCUT2D eigenvalue weighted by molar-refractivity contribution is 6.10. The molecule has 0 saturated heterocycles. The SMILES string of the molecule is c1cnc2c(c1)cc(-c1ccc(-c3ccc4cc(-c5ccc6ccc(-c7ccncn7)nc6c5)ccc4n3)cc1)c1cccnc12.c1cnc2c(c1)ccc1ccc(-c3ccc(-c4ccc5cc(-c6ccc7ccc(-c8ccncn8)nc7c6)ccc5n4)cc3)nc12. The molecule has 10 aromatic heterocycles. The van der Waals surface area contributed by atoms with E-state index < -0.39 is 0 Å². The van der Waals surface area contributed by atoms with Gasteiger partial charge in [-0.1, -0.05) is 146 Å². The van der Waals surface area contributed by atoms with Gasteiger partial charge in [-0.05, 0) is 137 Å². The molecular weight excluding hydrogens is 1130 g/mol. The third-order valence-corrected chi connectivity index (χ3v) is 17.0. The van der Waals surface area contributed by atoms with Crippen LogP contribution in [0.4, 0.5) is 0 Å². The molecule has 428 valence electrons. The van der Waals surface area contributed by atoms with E-state index in [1.54, 1.807) is 25.0 Å². The fraction of sp³-hybridized carbons (Fsp3) is 0. The molecule has 92 heavy (non-hydrogen) atoms. The summed E-state index contributed by atoms with van der Waals surface area (Å²) in [5.74, 6) is 0. The number of hydrogen-bond donors (Lipinski definition) is 0. The van der Waals surface area contributed by atoms with E-state index in [9.17, 15) is 0 Å². The van der Waals surface area contributed by atoms with E-state index in [0.717, 1.165) is 177 Å². The number of nitrogens with zero attached hydrogens (tertiary/aromatic N) is 12. The van der Waals surface area contributed by atoms with E-state index >= 15 is 0 Å². The van der Waals surface area contributed by atoms with Crippen molar-refractivity contribution in [2.75, 3.05) is 0 Å². The van der Waals surface area contributed by atoms with Crippen molar-refractivity contribution >= 4 is 87.2 Å². The molecule has 0 unspecified atom stereocenters. The van der Waals surface area contributed by atoms with E-state index in [4.69, 9.17) is 24.9 Å². The molecule has 0 atom stereocenters. The summed E-state index contributed by atoms with van der Waals surface area (Å²) < 4.78 is 0. The summed E-state index contributed by atoms with van der Waals surface area (Å²) >= 11 is 0. The molecule has 0 spiro atoms. The van der Waals surface area contributed by atoms with E-state index in [2.05, 4.69) is 241 Å². The normalized spacial score (nSPS) is 11.5. The van der Waals surface area contributed by atoms with Gasteiger partial charge in [0.1, 0.15) is 12.7 Å². The van der Waals surface area contributed by atoms with Gasteiger partial charge in [0.05, 0.1) is 84.0 Å². The highest BCUT2D eigenvalue weighted by Gasteiger charge is 2.15. The summed E-state index contributed by atoms with van der Waals surface area (Å²) in [4.78, 5) is 55.4. The third-order valence-electron chi connectivity index (χ3n) is 17.0. The molecule has 18 rings (SSSR count). The Kier molecular flexibility index (Phi) is 13.2. The average molecular weight is 1180 g/mol. The van der Waals surface area contributed by atoms with E-state index in [1.807, 2.05) is 61.1 Å². The molecule has 10 heterocycles. The molecule has 0 aliphatic heterocycles. The lowest BCUT2D eigenvalue weighted by Gasteiger charge is -2.11. The molecule has 8 aromatic carbocycles. The maximum Gasteiger partial charge on any atom is 0.116 e. The molecule has 0 saturated carbocycles. The van der Waals surface area contributed by atoms with Crippen LogP contribution in [0.15, 0.2) is 292 Å². The van der Waals surface area contributed by atoms with Crippen LogP contribution in [-0.4, -0.2) is 59.8 Å². The molecule has 12 nitrogen and oxygen atoms in total. The van der Waals surface area contributed by atoms with Crippen LogP contribution >= 0.6 is 0 Å². The zero-order valence-corrected chi connectivity index (χ0v) is 49.1. The highest BCUT2D eigenvalue weighted by Crippen LogP contribution is 2.37. The molecule has 0 fully saturated rings. The van der Waals surface area contributed by atoms with E-state index in [0.29, 0.717) is 0 Å². The van der Waals surface area contributed by atoms with Crippen molar-refractivity contribution in [3.63, 3.8) is 0 Å². The quantitative estimate of drug-likeness (QED) is 0.133. The molecule has 18 aromatic rings. The zero-order chi connectivity index (χ0) is 60.9. The Balaban J connectivity index is 0.000000141. The molecule has 0 N–H and O–H groups in total. The van der Waals surface area contributed by atoms with Gasteiger partial charge in [0.15, 0.2) is 0 Å². The molecule has 0 amide bonds. The van der Waals surface area contributed by atoms with Crippen LogP contribution in [0.25, 0.3) is 177 Å². The molecule has 0 radical (unpaired) electrons. The van der Waals surface area contributed by atoms with Crippen molar-refractivity contribution in [2.24, 2.45) is 0 Å². The first kappa shape index (κ1) is 53.4. The van der Waals surface area contributed by atoms with Gasteiger partial charge >= 0.3 is 0 Å². The predicted octanol–water partition coefficient (Wildman–Crippen LogP) is 18.7. The second-order valence-corrected chi connectivity index (χ2v) is 22.6. The Morgan fingerprint density at radius 2 is 0.587 bits per heavy atom. The smallest absolute Gasteiger partial charge is 0.116 e. The number of benzene rings is 8.